The summed E-state index contributed by atoms with van der Waals surface area (Å²) in [6, 6.07) is 8.89. The van der Waals surface area contributed by atoms with E-state index in [0.29, 0.717) is 11.8 Å². The number of ether oxygens (including phenoxy) is 1. The fraction of sp³-hybridized carbons (Fsp3) is 0.588. The van der Waals surface area contributed by atoms with E-state index in [1.54, 1.807) is 0 Å². The topological polar surface area (TPSA) is 26.3 Å². The van der Waals surface area contributed by atoms with Crippen LogP contribution >= 0.6 is 0 Å². The Bertz CT molecular complexity index is 413. The van der Waals surface area contributed by atoms with Crippen molar-refractivity contribution in [1.29, 1.82) is 0 Å². The van der Waals surface area contributed by atoms with E-state index in [1.807, 2.05) is 6.92 Å². The quantitative estimate of drug-likeness (QED) is 0.765. The lowest BCUT2D eigenvalue weighted by molar-refractivity contribution is -0.147. The summed E-state index contributed by atoms with van der Waals surface area (Å²) < 4.78 is 4.85. The van der Waals surface area contributed by atoms with Gasteiger partial charge in [-0.15, -0.1) is 0 Å². The van der Waals surface area contributed by atoms with Crippen LogP contribution in [0.1, 0.15) is 49.7 Å². The van der Waals surface area contributed by atoms with Crippen molar-refractivity contribution in [3.63, 3.8) is 0 Å². The van der Waals surface area contributed by atoms with Gasteiger partial charge in [0, 0.05) is 0 Å². The molecule has 0 heterocycles. The Labute approximate surface area is 116 Å². The summed E-state index contributed by atoms with van der Waals surface area (Å²) in [7, 11) is 1.48. The lowest BCUT2D eigenvalue weighted by Gasteiger charge is -2.31. The van der Waals surface area contributed by atoms with Crippen LogP contribution in [0.5, 0.6) is 0 Å². The first kappa shape index (κ1) is 14.1. The molecule has 0 aromatic heterocycles. The van der Waals surface area contributed by atoms with Crippen molar-refractivity contribution < 1.29 is 9.53 Å². The van der Waals surface area contributed by atoms with Crippen molar-refractivity contribution in [3.8, 4) is 0 Å². The zero-order valence-electron chi connectivity index (χ0n) is 12.2. The predicted octanol–water partition coefficient (Wildman–Crippen LogP) is 4.08. The summed E-state index contributed by atoms with van der Waals surface area (Å²) in [5.74, 6) is 1.15. The molecule has 1 atom stereocenters. The summed E-state index contributed by atoms with van der Waals surface area (Å²) in [6.45, 7) is 4.13. The van der Waals surface area contributed by atoms with Crippen molar-refractivity contribution in [2.75, 3.05) is 7.11 Å². The van der Waals surface area contributed by atoms with Gasteiger partial charge in [-0.3, -0.25) is 4.79 Å². The Hall–Kier alpha value is -1.31. The van der Waals surface area contributed by atoms with E-state index < -0.39 is 0 Å². The van der Waals surface area contributed by atoms with Gasteiger partial charge < -0.3 is 4.74 Å². The molecule has 1 aliphatic carbocycles. The number of hydrogen-bond acceptors (Lipinski definition) is 2. The van der Waals surface area contributed by atoms with Gasteiger partial charge in [-0.2, -0.15) is 0 Å². The second-order valence-electron chi connectivity index (χ2n) is 5.83. The summed E-state index contributed by atoms with van der Waals surface area (Å²) in [4.78, 5) is 11.6. The van der Waals surface area contributed by atoms with Crippen molar-refractivity contribution >= 4 is 5.97 Å². The SMILES string of the molecule is COC(=O)C(C)C1CCC(c2ccc(C)cc2)CC1. The highest BCUT2D eigenvalue weighted by Crippen LogP contribution is 2.38. The normalized spacial score (nSPS) is 24.8. The molecule has 2 rings (SSSR count). The molecule has 0 radical (unpaired) electrons. The van der Waals surface area contributed by atoms with Crippen molar-refractivity contribution in [1.82, 2.24) is 0 Å². The minimum atomic E-state index is -0.0567. The largest absolute Gasteiger partial charge is 0.469 e. The van der Waals surface area contributed by atoms with E-state index in [2.05, 4.69) is 31.2 Å². The first-order valence-corrected chi connectivity index (χ1v) is 7.26. The van der Waals surface area contributed by atoms with Crippen LogP contribution in [0.3, 0.4) is 0 Å². The van der Waals surface area contributed by atoms with E-state index in [9.17, 15) is 4.79 Å². The fourth-order valence-corrected chi connectivity index (χ4v) is 3.17. The molecule has 1 aromatic carbocycles. The number of hydrogen-bond donors (Lipinski definition) is 0. The number of aryl methyl sites for hydroxylation is 1. The molecular formula is C17H24O2. The Kier molecular flexibility index (Phi) is 4.62. The van der Waals surface area contributed by atoms with Crippen LogP contribution in [0.25, 0.3) is 0 Å². The third-order valence-corrected chi connectivity index (χ3v) is 4.60. The second-order valence-corrected chi connectivity index (χ2v) is 5.83. The molecule has 1 aliphatic rings. The Morgan fingerprint density at radius 2 is 1.74 bits per heavy atom. The van der Waals surface area contributed by atoms with Gasteiger partial charge in [-0.05, 0) is 50.0 Å². The van der Waals surface area contributed by atoms with Crippen LogP contribution in [0, 0.1) is 18.8 Å². The number of carbonyl (C=O) groups excluding carboxylic acids is 1. The zero-order chi connectivity index (χ0) is 13.8. The van der Waals surface area contributed by atoms with Crippen molar-refractivity contribution in [3.05, 3.63) is 35.4 Å². The van der Waals surface area contributed by atoms with Gasteiger partial charge in [0.25, 0.3) is 0 Å². The second kappa shape index (κ2) is 6.23. The van der Waals surface area contributed by atoms with Crippen LogP contribution in [0.15, 0.2) is 24.3 Å². The Morgan fingerprint density at radius 3 is 2.26 bits per heavy atom. The predicted molar refractivity (Wildman–Crippen MR) is 77.1 cm³/mol. The molecule has 19 heavy (non-hydrogen) atoms. The standard InChI is InChI=1S/C17H24O2/c1-12-4-6-15(7-5-12)16-10-8-14(9-11-16)13(2)17(18)19-3/h4-7,13-14,16H,8-11H2,1-3H3. The number of esters is 1. The lowest BCUT2D eigenvalue weighted by Crippen LogP contribution is -2.26. The maximum absolute atomic E-state index is 11.6. The smallest absolute Gasteiger partial charge is 0.308 e. The molecule has 1 unspecified atom stereocenters. The van der Waals surface area contributed by atoms with Crippen LogP contribution in [0.4, 0.5) is 0 Å². The molecule has 0 spiro atoms. The molecule has 2 nitrogen and oxygen atoms in total. The molecule has 104 valence electrons. The van der Waals surface area contributed by atoms with E-state index in [0.717, 1.165) is 12.8 Å². The monoisotopic (exact) mass is 260 g/mol. The first-order chi connectivity index (χ1) is 9.11. The van der Waals surface area contributed by atoms with Gasteiger partial charge in [0.2, 0.25) is 0 Å². The van der Waals surface area contributed by atoms with Gasteiger partial charge in [0.15, 0.2) is 0 Å². The summed E-state index contributed by atoms with van der Waals surface area (Å²) in [5.41, 5.74) is 2.77. The van der Waals surface area contributed by atoms with Gasteiger partial charge >= 0.3 is 5.97 Å². The van der Waals surface area contributed by atoms with Crippen molar-refractivity contribution in [2.45, 2.75) is 45.4 Å². The molecule has 1 fully saturated rings. The highest BCUT2D eigenvalue weighted by atomic mass is 16.5. The minimum Gasteiger partial charge on any atom is -0.469 e. The third kappa shape index (κ3) is 3.37. The van der Waals surface area contributed by atoms with E-state index in [4.69, 9.17) is 4.74 Å². The zero-order valence-corrected chi connectivity index (χ0v) is 12.2. The van der Waals surface area contributed by atoms with Gasteiger partial charge in [0.1, 0.15) is 0 Å². The lowest BCUT2D eigenvalue weighted by atomic mass is 9.74. The van der Waals surface area contributed by atoms with Crippen LogP contribution < -0.4 is 0 Å². The molecule has 0 saturated heterocycles. The number of rotatable bonds is 3. The molecule has 1 saturated carbocycles. The number of benzene rings is 1. The molecule has 2 heteroatoms. The Balaban J connectivity index is 1.92. The first-order valence-electron chi connectivity index (χ1n) is 7.26. The minimum absolute atomic E-state index is 0.0453. The average Bonchev–Trinajstić information content (AvgIpc) is 2.46. The summed E-state index contributed by atoms with van der Waals surface area (Å²) in [6.07, 6.45) is 4.65. The maximum Gasteiger partial charge on any atom is 0.308 e. The molecular weight excluding hydrogens is 236 g/mol. The van der Waals surface area contributed by atoms with Crippen LogP contribution in [-0.4, -0.2) is 13.1 Å². The summed E-state index contributed by atoms with van der Waals surface area (Å²) >= 11 is 0. The molecule has 0 N–H and O–H groups in total. The highest BCUT2D eigenvalue weighted by molar-refractivity contribution is 5.72. The fourth-order valence-electron chi connectivity index (χ4n) is 3.17. The number of carbonyl (C=O) groups is 1. The van der Waals surface area contributed by atoms with Crippen molar-refractivity contribution in [2.24, 2.45) is 11.8 Å². The molecule has 1 aromatic rings. The highest BCUT2D eigenvalue weighted by Gasteiger charge is 2.29. The van der Waals surface area contributed by atoms with Gasteiger partial charge in [-0.1, -0.05) is 36.8 Å². The molecule has 0 bridgehead atoms. The van der Waals surface area contributed by atoms with E-state index >= 15 is 0 Å². The van der Waals surface area contributed by atoms with Crippen LogP contribution in [0.2, 0.25) is 0 Å². The maximum atomic E-state index is 11.6. The number of methoxy groups -OCH3 is 1. The van der Waals surface area contributed by atoms with E-state index in [1.165, 1.54) is 31.1 Å². The summed E-state index contributed by atoms with van der Waals surface area (Å²) in [5, 5.41) is 0. The van der Waals surface area contributed by atoms with Gasteiger partial charge in [0.05, 0.1) is 13.0 Å². The van der Waals surface area contributed by atoms with Gasteiger partial charge in [-0.25, -0.2) is 0 Å². The molecule has 0 aliphatic heterocycles. The Morgan fingerprint density at radius 1 is 1.16 bits per heavy atom. The molecule has 0 amide bonds. The van der Waals surface area contributed by atoms with Crippen LogP contribution in [-0.2, 0) is 9.53 Å². The third-order valence-electron chi connectivity index (χ3n) is 4.60. The average molecular weight is 260 g/mol. The van der Waals surface area contributed by atoms with E-state index in [-0.39, 0.29) is 11.9 Å².